The van der Waals surface area contributed by atoms with E-state index in [1.807, 2.05) is 25.1 Å². The van der Waals surface area contributed by atoms with Crippen LogP contribution < -0.4 is 5.32 Å². The highest BCUT2D eigenvalue weighted by molar-refractivity contribution is 6.04. The molecule has 0 aliphatic carbocycles. The number of hydrogen-bond donors (Lipinski definition) is 2. The Kier molecular flexibility index (Phi) is 4.59. The summed E-state index contributed by atoms with van der Waals surface area (Å²) < 4.78 is 4.87. The summed E-state index contributed by atoms with van der Waals surface area (Å²) in [5.41, 5.74) is 3.01. The van der Waals surface area contributed by atoms with Crippen LogP contribution in [0.2, 0.25) is 0 Å². The second-order valence-corrected chi connectivity index (χ2v) is 4.27. The second kappa shape index (κ2) is 6.60. The van der Waals surface area contributed by atoms with Gasteiger partial charge in [0, 0.05) is 17.7 Å². The Balaban J connectivity index is 2.15. The zero-order valence-electron chi connectivity index (χ0n) is 11.1. The van der Waals surface area contributed by atoms with Gasteiger partial charge in [0.05, 0.1) is 18.4 Å². The maximum Gasteiger partial charge on any atom is 0.258 e. The number of aliphatic hydroxyl groups excluding tert-OH is 1. The van der Waals surface area contributed by atoms with E-state index in [9.17, 15) is 4.79 Å². The zero-order chi connectivity index (χ0) is 14.4. The minimum absolute atomic E-state index is 0.0446. The summed E-state index contributed by atoms with van der Waals surface area (Å²) in [6, 6.07) is 7.14. The highest BCUT2D eigenvalue weighted by Crippen LogP contribution is 2.15. The molecule has 2 aromatic rings. The van der Waals surface area contributed by atoms with E-state index < -0.39 is 0 Å². The summed E-state index contributed by atoms with van der Waals surface area (Å²) >= 11 is 0. The van der Waals surface area contributed by atoms with Crippen molar-refractivity contribution in [1.82, 2.24) is 0 Å². The van der Waals surface area contributed by atoms with Crippen molar-refractivity contribution in [3.63, 3.8) is 0 Å². The summed E-state index contributed by atoms with van der Waals surface area (Å²) in [5.74, 6) is 5.63. The van der Waals surface area contributed by atoms with Crippen LogP contribution in [-0.4, -0.2) is 17.6 Å². The zero-order valence-corrected chi connectivity index (χ0v) is 11.1. The molecule has 1 amide bonds. The standard InChI is InChI=1S/C16H15NO3/c1-12-5-6-15(10-13(12)4-2-3-8-18)17-16(19)14-7-9-20-11-14/h5-7,9-11,18H,3,8H2,1H3,(H,17,19). The molecule has 0 saturated carbocycles. The summed E-state index contributed by atoms with van der Waals surface area (Å²) in [6.45, 7) is 1.99. The van der Waals surface area contributed by atoms with Gasteiger partial charge in [0.1, 0.15) is 6.26 Å². The van der Waals surface area contributed by atoms with Gasteiger partial charge in [0.2, 0.25) is 0 Å². The third-order valence-electron chi connectivity index (χ3n) is 2.74. The first-order valence-corrected chi connectivity index (χ1v) is 6.24. The van der Waals surface area contributed by atoms with Crippen LogP contribution in [0.25, 0.3) is 0 Å². The van der Waals surface area contributed by atoms with Crippen LogP contribution in [0.1, 0.15) is 27.9 Å². The summed E-state index contributed by atoms with van der Waals surface area (Å²) in [7, 11) is 0. The maximum atomic E-state index is 11.9. The molecule has 1 aromatic heterocycles. The summed E-state index contributed by atoms with van der Waals surface area (Å²) in [6.07, 6.45) is 3.28. The Bertz CT molecular complexity index is 648. The molecule has 0 atom stereocenters. The molecule has 0 spiro atoms. The van der Waals surface area contributed by atoms with Gasteiger partial charge in [-0.2, -0.15) is 0 Å². The van der Waals surface area contributed by atoms with Crippen molar-refractivity contribution in [2.75, 3.05) is 11.9 Å². The van der Waals surface area contributed by atoms with Crippen LogP contribution in [0.4, 0.5) is 5.69 Å². The smallest absolute Gasteiger partial charge is 0.258 e. The van der Waals surface area contributed by atoms with Crippen LogP contribution >= 0.6 is 0 Å². The maximum absolute atomic E-state index is 11.9. The van der Waals surface area contributed by atoms with Gasteiger partial charge in [-0.1, -0.05) is 17.9 Å². The molecular formula is C16H15NO3. The predicted octanol–water partition coefficient (Wildman–Crippen LogP) is 2.57. The topological polar surface area (TPSA) is 62.5 Å². The number of benzene rings is 1. The molecule has 20 heavy (non-hydrogen) atoms. The van der Waals surface area contributed by atoms with Crippen molar-refractivity contribution in [3.8, 4) is 11.8 Å². The third kappa shape index (κ3) is 3.50. The van der Waals surface area contributed by atoms with Gasteiger partial charge >= 0.3 is 0 Å². The lowest BCUT2D eigenvalue weighted by atomic mass is 10.1. The Morgan fingerprint density at radius 3 is 2.95 bits per heavy atom. The minimum Gasteiger partial charge on any atom is -0.472 e. The fourth-order valence-electron chi connectivity index (χ4n) is 1.64. The Labute approximate surface area is 117 Å². The minimum atomic E-state index is -0.225. The number of hydrogen-bond acceptors (Lipinski definition) is 3. The average molecular weight is 269 g/mol. The van der Waals surface area contributed by atoms with Crippen LogP contribution in [0.15, 0.2) is 41.2 Å². The molecule has 0 aliphatic heterocycles. The molecule has 0 saturated heterocycles. The molecule has 4 heteroatoms. The largest absolute Gasteiger partial charge is 0.472 e. The van der Waals surface area contributed by atoms with Gasteiger partial charge in [0.15, 0.2) is 0 Å². The molecule has 0 bridgehead atoms. The van der Waals surface area contributed by atoms with Crippen molar-refractivity contribution >= 4 is 11.6 Å². The first kappa shape index (κ1) is 13.9. The fourth-order valence-corrected chi connectivity index (χ4v) is 1.64. The quantitative estimate of drug-likeness (QED) is 0.842. The molecule has 0 fully saturated rings. The van der Waals surface area contributed by atoms with Crippen molar-refractivity contribution in [2.24, 2.45) is 0 Å². The SMILES string of the molecule is Cc1ccc(NC(=O)c2ccoc2)cc1C#CCCO. The number of aliphatic hydroxyl groups is 1. The highest BCUT2D eigenvalue weighted by atomic mass is 16.3. The van der Waals surface area contributed by atoms with Crippen LogP contribution in [-0.2, 0) is 0 Å². The molecule has 1 aromatic carbocycles. The molecule has 102 valence electrons. The van der Waals surface area contributed by atoms with Crippen molar-refractivity contribution in [3.05, 3.63) is 53.5 Å². The van der Waals surface area contributed by atoms with E-state index in [1.165, 1.54) is 12.5 Å². The van der Waals surface area contributed by atoms with Crippen LogP contribution in [0.3, 0.4) is 0 Å². The molecule has 0 radical (unpaired) electrons. The van der Waals surface area contributed by atoms with Crippen molar-refractivity contribution in [1.29, 1.82) is 0 Å². The van der Waals surface area contributed by atoms with Gasteiger partial charge in [-0.25, -0.2) is 0 Å². The average Bonchev–Trinajstić information content (AvgIpc) is 2.96. The van der Waals surface area contributed by atoms with Crippen molar-refractivity contribution in [2.45, 2.75) is 13.3 Å². The normalized spacial score (nSPS) is 9.70. The predicted molar refractivity (Wildman–Crippen MR) is 76.4 cm³/mol. The van der Waals surface area contributed by atoms with Crippen LogP contribution in [0, 0.1) is 18.8 Å². The van der Waals surface area contributed by atoms with Crippen LogP contribution in [0.5, 0.6) is 0 Å². The molecule has 1 heterocycles. The van der Waals surface area contributed by atoms with Gasteiger partial charge in [0.25, 0.3) is 5.91 Å². The first-order chi connectivity index (χ1) is 9.70. The van der Waals surface area contributed by atoms with E-state index in [0.29, 0.717) is 17.7 Å². The highest BCUT2D eigenvalue weighted by Gasteiger charge is 2.07. The lowest BCUT2D eigenvalue weighted by Crippen LogP contribution is -2.10. The first-order valence-electron chi connectivity index (χ1n) is 6.24. The van der Waals surface area contributed by atoms with E-state index in [1.54, 1.807) is 6.07 Å². The number of carbonyl (C=O) groups excluding carboxylic acids is 1. The molecule has 2 rings (SSSR count). The number of nitrogens with one attached hydrogen (secondary N) is 1. The van der Waals surface area contributed by atoms with Gasteiger partial charge in [-0.15, -0.1) is 0 Å². The Morgan fingerprint density at radius 1 is 1.40 bits per heavy atom. The van der Waals surface area contributed by atoms with E-state index in [-0.39, 0.29) is 12.5 Å². The molecule has 0 aliphatic rings. The van der Waals surface area contributed by atoms with E-state index in [2.05, 4.69) is 17.2 Å². The molecular weight excluding hydrogens is 254 g/mol. The lowest BCUT2D eigenvalue weighted by Gasteiger charge is -2.06. The number of anilines is 1. The van der Waals surface area contributed by atoms with Gasteiger partial charge < -0.3 is 14.8 Å². The van der Waals surface area contributed by atoms with Gasteiger partial charge in [-0.3, -0.25) is 4.79 Å². The number of furan rings is 1. The Morgan fingerprint density at radius 2 is 2.25 bits per heavy atom. The number of amides is 1. The monoisotopic (exact) mass is 269 g/mol. The number of rotatable bonds is 3. The summed E-state index contributed by atoms with van der Waals surface area (Å²) in [4.78, 5) is 11.9. The van der Waals surface area contributed by atoms with Gasteiger partial charge in [-0.05, 0) is 30.7 Å². The lowest BCUT2D eigenvalue weighted by molar-refractivity contribution is 0.102. The second-order valence-electron chi connectivity index (χ2n) is 4.27. The number of aryl methyl sites for hydroxylation is 1. The van der Waals surface area contributed by atoms with Crippen molar-refractivity contribution < 1.29 is 14.3 Å². The molecule has 0 unspecified atom stereocenters. The molecule has 4 nitrogen and oxygen atoms in total. The third-order valence-corrected chi connectivity index (χ3v) is 2.74. The van der Waals surface area contributed by atoms with E-state index in [0.717, 1.165) is 11.1 Å². The number of carbonyl (C=O) groups is 1. The Hall–Kier alpha value is -2.51. The summed E-state index contributed by atoms with van der Waals surface area (Å²) in [5, 5.41) is 11.5. The molecule has 2 N–H and O–H groups in total. The van der Waals surface area contributed by atoms with E-state index >= 15 is 0 Å². The van der Waals surface area contributed by atoms with E-state index in [4.69, 9.17) is 9.52 Å². The fraction of sp³-hybridized carbons (Fsp3) is 0.188.